The number of rotatable bonds is 3. The molecular weight excluding hydrogens is 203 g/mol. The van der Waals surface area contributed by atoms with Crippen molar-refractivity contribution in [1.29, 1.82) is 0 Å². The molecule has 0 unspecified atom stereocenters. The zero-order chi connectivity index (χ0) is 11.0. The van der Waals surface area contributed by atoms with Crippen molar-refractivity contribution in [3.63, 3.8) is 0 Å². The van der Waals surface area contributed by atoms with Crippen molar-refractivity contribution in [2.75, 3.05) is 19.6 Å². The summed E-state index contributed by atoms with van der Waals surface area (Å²) in [7, 11) is 0. The molecule has 0 amide bonds. The van der Waals surface area contributed by atoms with Crippen LogP contribution in [0.1, 0.15) is 6.42 Å². The van der Waals surface area contributed by atoms with E-state index in [-0.39, 0.29) is 13.0 Å². The van der Waals surface area contributed by atoms with Gasteiger partial charge in [-0.25, -0.2) is 0 Å². The molecular formula is C7H10F3NO3. The van der Waals surface area contributed by atoms with Gasteiger partial charge in [0, 0.05) is 19.6 Å². The molecule has 1 saturated heterocycles. The van der Waals surface area contributed by atoms with Crippen LogP contribution in [-0.4, -0.2) is 52.5 Å². The number of alkyl halides is 3. The molecule has 0 aromatic heterocycles. The molecule has 0 atom stereocenters. The van der Waals surface area contributed by atoms with Crippen molar-refractivity contribution in [3.05, 3.63) is 0 Å². The lowest BCUT2D eigenvalue weighted by molar-refractivity contribution is -0.301. The van der Waals surface area contributed by atoms with Gasteiger partial charge >= 0.3 is 12.1 Å². The molecule has 0 spiro atoms. The van der Waals surface area contributed by atoms with E-state index < -0.39 is 30.8 Å². The van der Waals surface area contributed by atoms with E-state index in [4.69, 9.17) is 10.2 Å². The zero-order valence-corrected chi connectivity index (χ0v) is 7.21. The number of nitrogens with zero attached hydrogens (tertiary/aromatic N) is 1. The van der Waals surface area contributed by atoms with E-state index in [0.717, 1.165) is 0 Å². The summed E-state index contributed by atoms with van der Waals surface area (Å²) >= 11 is 0. The van der Waals surface area contributed by atoms with Gasteiger partial charge < -0.3 is 10.2 Å². The van der Waals surface area contributed by atoms with E-state index in [1.807, 2.05) is 0 Å². The smallest absolute Gasteiger partial charge is 0.419 e. The van der Waals surface area contributed by atoms with Gasteiger partial charge in [0.25, 0.3) is 0 Å². The first-order chi connectivity index (χ1) is 6.24. The lowest BCUT2D eigenvalue weighted by atomic mass is 9.93. The molecule has 0 aromatic rings. The fourth-order valence-electron chi connectivity index (χ4n) is 1.28. The maximum Gasteiger partial charge on any atom is 0.419 e. The number of carboxylic acid groups (broad SMARTS) is 1. The van der Waals surface area contributed by atoms with Crippen molar-refractivity contribution in [1.82, 2.24) is 4.90 Å². The van der Waals surface area contributed by atoms with Gasteiger partial charge in [-0.2, -0.15) is 13.2 Å². The lowest BCUT2D eigenvalue weighted by Crippen LogP contribution is -2.69. The van der Waals surface area contributed by atoms with Gasteiger partial charge in [-0.1, -0.05) is 0 Å². The summed E-state index contributed by atoms with van der Waals surface area (Å²) in [6.07, 6.45) is -4.85. The molecule has 1 aliphatic rings. The molecule has 0 aromatic carbocycles. The standard InChI is InChI=1S/C7H10F3NO3/c8-7(9,10)6(14)3-11(4-6)2-1-5(12)13/h14H,1-4H2,(H,12,13). The number of carbonyl (C=O) groups is 1. The predicted octanol–water partition coefficient (Wildman–Crippen LogP) is 0.0701. The van der Waals surface area contributed by atoms with Crippen LogP contribution in [0.4, 0.5) is 13.2 Å². The van der Waals surface area contributed by atoms with Crippen LogP contribution in [0.5, 0.6) is 0 Å². The van der Waals surface area contributed by atoms with Crippen LogP contribution >= 0.6 is 0 Å². The quantitative estimate of drug-likeness (QED) is 0.696. The van der Waals surface area contributed by atoms with Gasteiger partial charge in [-0.3, -0.25) is 9.69 Å². The molecule has 0 bridgehead atoms. The molecule has 0 saturated carbocycles. The first kappa shape index (κ1) is 11.3. The molecule has 82 valence electrons. The number of halogens is 3. The van der Waals surface area contributed by atoms with E-state index >= 15 is 0 Å². The van der Waals surface area contributed by atoms with Crippen molar-refractivity contribution in [2.45, 2.75) is 18.2 Å². The summed E-state index contributed by atoms with van der Waals surface area (Å²) in [5.74, 6) is -1.06. The maximum atomic E-state index is 12.1. The van der Waals surface area contributed by atoms with Gasteiger partial charge in [-0.05, 0) is 0 Å². The summed E-state index contributed by atoms with van der Waals surface area (Å²) in [6.45, 7) is -1.04. The van der Waals surface area contributed by atoms with Crippen LogP contribution in [0.2, 0.25) is 0 Å². The van der Waals surface area contributed by atoms with E-state index in [9.17, 15) is 18.0 Å². The second-order valence-electron chi connectivity index (χ2n) is 3.38. The number of carboxylic acids is 1. The molecule has 0 radical (unpaired) electrons. The van der Waals surface area contributed by atoms with E-state index in [0.29, 0.717) is 0 Å². The molecule has 1 aliphatic heterocycles. The Balaban J connectivity index is 2.32. The van der Waals surface area contributed by atoms with E-state index in [1.54, 1.807) is 0 Å². The molecule has 14 heavy (non-hydrogen) atoms. The van der Waals surface area contributed by atoms with Crippen molar-refractivity contribution < 1.29 is 28.2 Å². The number of likely N-dealkylation sites (tertiary alicyclic amines) is 1. The average Bonchev–Trinajstić information content (AvgIpc) is 1.93. The summed E-state index contributed by atoms with van der Waals surface area (Å²) in [6, 6.07) is 0. The summed E-state index contributed by atoms with van der Waals surface area (Å²) < 4.78 is 36.2. The highest BCUT2D eigenvalue weighted by Gasteiger charge is 2.60. The average molecular weight is 213 g/mol. The molecule has 4 nitrogen and oxygen atoms in total. The molecule has 0 aliphatic carbocycles. The van der Waals surface area contributed by atoms with Gasteiger partial charge in [0.1, 0.15) is 0 Å². The minimum atomic E-state index is -4.63. The number of aliphatic hydroxyl groups is 1. The van der Waals surface area contributed by atoms with Crippen LogP contribution in [0.25, 0.3) is 0 Å². The Morgan fingerprint density at radius 3 is 2.29 bits per heavy atom. The van der Waals surface area contributed by atoms with Gasteiger partial charge in [0.2, 0.25) is 0 Å². The number of β-amino-alcohol motifs (C(OH)–C–C–N with tert-alkyl or cyclic N) is 1. The fourth-order valence-corrected chi connectivity index (χ4v) is 1.28. The normalized spacial score (nSPS) is 21.7. The Hall–Kier alpha value is -0.820. The first-order valence-corrected chi connectivity index (χ1v) is 3.98. The van der Waals surface area contributed by atoms with Gasteiger partial charge in [-0.15, -0.1) is 0 Å². The highest BCUT2D eigenvalue weighted by molar-refractivity contribution is 5.66. The topological polar surface area (TPSA) is 60.8 Å². The number of aliphatic carboxylic acids is 1. The Bertz CT molecular complexity index is 235. The summed E-state index contributed by atoms with van der Waals surface area (Å²) in [4.78, 5) is 11.3. The fraction of sp³-hybridized carbons (Fsp3) is 0.857. The largest absolute Gasteiger partial charge is 0.481 e. The highest BCUT2D eigenvalue weighted by atomic mass is 19.4. The third kappa shape index (κ3) is 2.16. The third-order valence-electron chi connectivity index (χ3n) is 2.14. The minimum Gasteiger partial charge on any atom is -0.481 e. The zero-order valence-electron chi connectivity index (χ0n) is 7.21. The first-order valence-electron chi connectivity index (χ1n) is 3.98. The third-order valence-corrected chi connectivity index (χ3v) is 2.14. The van der Waals surface area contributed by atoms with Crippen molar-refractivity contribution in [2.24, 2.45) is 0 Å². The second-order valence-corrected chi connectivity index (χ2v) is 3.38. The van der Waals surface area contributed by atoms with Crippen LogP contribution in [-0.2, 0) is 4.79 Å². The second kappa shape index (κ2) is 3.39. The molecule has 2 N–H and O–H groups in total. The predicted molar refractivity (Wildman–Crippen MR) is 39.7 cm³/mol. The molecule has 1 heterocycles. The van der Waals surface area contributed by atoms with Crippen LogP contribution in [0, 0.1) is 0 Å². The lowest BCUT2D eigenvalue weighted by Gasteiger charge is -2.46. The van der Waals surface area contributed by atoms with Gasteiger partial charge in [0.05, 0.1) is 6.42 Å². The Labute approximate surface area is 77.9 Å². The maximum absolute atomic E-state index is 12.1. The molecule has 7 heteroatoms. The summed E-state index contributed by atoms with van der Waals surface area (Å²) in [5, 5.41) is 17.2. The van der Waals surface area contributed by atoms with Crippen LogP contribution < -0.4 is 0 Å². The van der Waals surface area contributed by atoms with Gasteiger partial charge in [0.15, 0.2) is 5.60 Å². The van der Waals surface area contributed by atoms with Crippen molar-refractivity contribution >= 4 is 5.97 Å². The minimum absolute atomic E-state index is 0.0354. The Morgan fingerprint density at radius 1 is 1.43 bits per heavy atom. The molecule has 1 rings (SSSR count). The number of hydrogen-bond donors (Lipinski definition) is 2. The van der Waals surface area contributed by atoms with Crippen LogP contribution in [0.3, 0.4) is 0 Å². The van der Waals surface area contributed by atoms with E-state index in [1.165, 1.54) is 4.90 Å². The van der Waals surface area contributed by atoms with Crippen LogP contribution in [0.15, 0.2) is 0 Å². The Kier molecular flexibility index (Phi) is 2.73. The monoisotopic (exact) mass is 213 g/mol. The summed E-state index contributed by atoms with van der Waals surface area (Å²) in [5.41, 5.74) is -2.65. The number of hydrogen-bond acceptors (Lipinski definition) is 3. The Morgan fingerprint density at radius 2 is 1.93 bits per heavy atom. The molecule has 1 fully saturated rings. The van der Waals surface area contributed by atoms with Crippen molar-refractivity contribution in [3.8, 4) is 0 Å². The van der Waals surface area contributed by atoms with E-state index in [2.05, 4.69) is 0 Å². The highest BCUT2D eigenvalue weighted by Crippen LogP contribution is 2.37. The SMILES string of the molecule is O=C(O)CCN1CC(O)(C(F)(F)F)C1.